The van der Waals surface area contributed by atoms with Crippen molar-refractivity contribution in [1.29, 1.82) is 0 Å². The lowest BCUT2D eigenvalue weighted by Crippen LogP contribution is -2.22. The van der Waals surface area contributed by atoms with Gasteiger partial charge in [-0.1, -0.05) is 12.1 Å². The quantitative estimate of drug-likeness (QED) is 0.810. The Kier molecular flexibility index (Phi) is 4.35. The van der Waals surface area contributed by atoms with Crippen molar-refractivity contribution in [3.8, 4) is 0 Å². The van der Waals surface area contributed by atoms with E-state index in [1.807, 2.05) is 0 Å². The Morgan fingerprint density at radius 3 is 2.60 bits per heavy atom. The molecule has 0 spiro atoms. The fraction of sp³-hybridized carbons (Fsp3) is 0.385. The van der Waals surface area contributed by atoms with Gasteiger partial charge in [0.05, 0.1) is 24.1 Å². The highest BCUT2D eigenvalue weighted by Crippen LogP contribution is 2.20. The van der Waals surface area contributed by atoms with Crippen molar-refractivity contribution in [2.75, 3.05) is 6.61 Å². The summed E-state index contributed by atoms with van der Waals surface area (Å²) in [6.07, 6.45) is 0. The van der Waals surface area contributed by atoms with E-state index in [-0.39, 0.29) is 18.7 Å². The lowest BCUT2D eigenvalue weighted by Gasteiger charge is -2.04. The maximum atomic E-state index is 12.4. The van der Waals surface area contributed by atoms with Crippen molar-refractivity contribution in [2.45, 2.75) is 26.9 Å². The fourth-order valence-corrected chi connectivity index (χ4v) is 3.42. The molecule has 7 heteroatoms. The van der Waals surface area contributed by atoms with Gasteiger partial charge in [0.15, 0.2) is 6.54 Å². The summed E-state index contributed by atoms with van der Waals surface area (Å²) in [6, 6.07) is 6.84. The van der Waals surface area contributed by atoms with E-state index in [9.17, 15) is 14.2 Å². The number of carbonyl (C=O) groups excluding carboxylic acids is 1. The molecule has 0 aliphatic carbocycles. The van der Waals surface area contributed by atoms with Gasteiger partial charge in [0, 0.05) is 0 Å². The van der Waals surface area contributed by atoms with Crippen LogP contribution in [-0.2, 0) is 27.2 Å². The third-order valence-corrected chi connectivity index (χ3v) is 4.59. The molecule has 6 nitrogen and oxygen atoms in total. The van der Waals surface area contributed by atoms with Crippen LogP contribution in [0.25, 0.3) is 10.9 Å². The molecule has 1 unspecified atom stereocenters. The van der Waals surface area contributed by atoms with Gasteiger partial charge >= 0.3 is 13.7 Å². The maximum absolute atomic E-state index is 12.4. The molecule has 0 bridgehead atoms. The maximum Gasteiger partial charge on any atom is 0.599 e. The van der Waals surface area contributed by atoms with Crippen LogP contribution in [0.4, 0.5) is 0 Å². The molecule has 0 aliphatic rings. The first kappa shape index (κ1) is 14.5. The molecular formula is C13H16N2O4P+. The number of ether oxygens (including phenoxy) is 1. The predicted molar refractivity (Wildman–Crippen MR) is 76.1 cm³/mol. The second-order valence-corrected chi connectivity index (χ2v) is 5.62. The molecule has 2 aromatic rings. The largest absolute Gasteiger partial charge is 0.599 e. The topological polar surface area (TPSA) is 70.3 Å². The Balaban J connectivity index is 2.72. The zero-order valence-corrected chi connectivity index (χ0v) is 12.3. The number of para-hydroxylation sites is 1. The van der Waals surface area contributed by atoms with Crippen LogP contribution in [-0.4, -0.2) is 21.2 Å². The Hall–Kier alpha value is -1.94. The Bertz CT molecular complexity index is 763. The van der Waals surface area contributed by atoms with E-state index in [4.69, 9.17) is 4.74 Å². The van der Waals surface area contributed by atoms with E-state index in [1.54, 1.807) is 38.1 Å². The molecule has 0 radical (unpaired) electrons. The number of nitrogens with zero attached hydrogens (tertiary/aromatic N) is 2. The molecular weight excluding hydrogens is 279 g/mol. The second-order valence-electron chi connectivity index (χ2n) is 4.15. The van der Waals surface area contributed by atoms with Gasteiger partial charge in [0.1, 0.15) is 0 Å². The Morgan fingerprint density at radius 1 is 1.25 bits per heavy atom. The number of carbonyl (C=O) groups is 1. The first-order valence-electron chi connectivity index (χ1n) is 6.41. The Labute approximate surface area is 116 Å². The van der Waals surface area contributed by atoms with Gasteiger partial charge < -0.3 is 4.74 Å². The number of hydrogen-bond acceptors (Lipinski definition) is 4. The minimum absolute atomic E-state index is 0.135. The van der Waals surface area contributed by atoms with E-state index < -0.39 is 13.7 Å². The first-order chi connectivity index (χ1) is 9.60. The summed E-state index contributed by atoms with van der Waals surface area (Å²) in [6.45, 7) is 3.92. The summed E-state index contributed by atoms with van der Waals surface area (Å²) >= 11 is 0. The fourth-order valence-electron chi connectivity index (χ4n) is 2.06. The highest BCUT2D eigenvalue weighted by atomic mass is 31.1. The van der Waals surface area contributed by atoms with Crippen molar-refractivity contribution < 1.29 is 14.1 Å². The summed E-state index contributed by atoms with van der Waals surface area (Å²) in [7, 11) is -2.12. The molecule has 0 saturated carbocycles. The first-order valence-corrected chi connectivity index (χ1v) is 7.57. The van der Waals surface area contributed by atoms with Crippen LogP contribution < -0.4 is 5.56 Å². The summed E-state index contributed by atoms with van der Waals surface area (Å²) in [5, 5.41) is 0.452. The lowest BCUT2D eigenvalue weighted by molar-refractivity contribution is -0.143. The van der Waals surface area contributed by atoms with Crippen LogP contribution >= 0.6 is 7.73 Å². The van der Waals surface area contributed by atoms with Crippen LogP contribution in [0, 0.1) is 0 Å². The molecule has 1 heterocycles. The SMILES string of the molecule is CCOC(=O)Cn1c2ccccc2c(=O)n(CC)[p+]1=O. The van der Waals surface area contributed by atoms with Crippen LogP contribution in [0.1, 0.15) is 13.8 Å². The molecule has 0 aliphatic heterocycles. The molecule has 106 valence electrons. The smallest absolute Gasteiger partial charge is 0.465 e. The Morgan fingerprint density at radius 2 is 1.95 bits per heavy atom. The van der Waals surface area contributed by atoms with Crippen LogP contribution in [0.5, 0.6) is 0 Å². The summed E-state index contributed by atoms with van der Waals surface area (Å²) in [4.78, 5) is 23.9. The molecule has 0 amide bonds. The third-order valence-electron chi connectivity index (χ3n) is 2.94. The number of hydrogen-bond donors (Lipinski definition) is 0. The minimum atomic E-state index is -2.12. The van der Waals surface area contributed by atoms with Crippen molar-refractivity contribution in [1.82, 2.24) is 8.66 Å². The molecule has 2 rings (SSSR count). The van der Waals surface area contributed by atoms with E-state index in [0.29, 0.717) is 17.4 Å². The van der Waals surface area contributed by atoms with Gasteiger partial charge in [0.25, 0.3) is 5.56 Å². The summed E-state index contributed by atoms with van der Waals surface area (Å²) < 4.78 is 20.0. The number of benzene rings is 1. The zero-order valence-electron chi connectivity index (χ0n) is 11.4. The number of aromatic nitrogens is 2. The van der Waals surface area contributed by atoms with Gasteiger partial charge in [-0.15, -0.1) is 8.66 Å². The van der Waals surface area contributed by atoms with E-state index in [2.05, 4.69) is 0 Å². The van der Waals surface area contributed by atoms with Crippen molar-refractivity contribution in [3.63, 3.8) is 0 Å². The van der Waals surface area contributed by atoms with Gasteiger partial charge in [-0.3, -0.25) is 4.79 Å². The van der Waals surface area contributed by atoms with Gasteiger partial charge in [0.2, 0.25) is 0 Å². The van der Waals surface area contributed by atoms with Crippen molar-refractivity contribution in [2.24, 2.45) is 0 Å². The third kappa shape index (κ3) is 2.51. The van der Waals surface area contributed by atoms with Crippen LogP contribution in [0.2, 0.25) is 0 Å². The van der Waals surface area contributed by atoms with Crippen molar-refractivity contribution >= 4 is 24.6 Å². The molecule has 0 fully saturated rings. The minimum Gasteiger partial charge on any atom is -0.465 e. The monoisotopic (exact) mass is 295 g/mol. The molecule has 0 saturated heterocycles. The van der Waals surface area contributed by atoms with Crippen molar-refractivity contribution in [3.05, 3.63) is 34.6 Å². The van der Waals surface area contributed by atoms with Crippen LogP contribution in [0.3, 0.4) is 0 Å². The molecule has 20 heavy (non-hydrogen) atoms. The lowest BCUT2D eigenvalue weighted by atomic mass is 10.2. The molecule has 0 N–H and O–H groups in total. The second kappa shape index (κ2) is 6.01. The summed E-state index contributed by atoms with van der Waals surface area (Å²) in [5.74, 6) is -0.462. The van der Waals surface area contributed by atoms with E-state index >= 15 is 0 Å². The molecule has 1 aromatic carbocycles. The van der Waals surface area contributed by atoms with E-state index in [1.165, 1.54) is 8.66 Å². The highest BCUT2D eigenvalue weighted by molar-refractivity contribution is 7.29. The normalized spacial score (nSPS) is 11.6. The van der Waals surface area contributed by atoms with Gasteiger partial charge in [-0.25, -0.2) is 4.79 Å². The average Bonchev–Trinajstić information content (AvgIpc) is 2.44. The summed E-state index contributed by atoms with van der Waals surface area (Å²) in [5.41, 5.74) is 0.237. The van der Waals surface area contributed by atoms with E-state index in [0.717, 1.165) is 0 Å². The van der Waals surface area contributed by atoms with Crippen LogP contribution in [0.15, 0.2) is 29.1 Å². The number of esters is 1. The number of rotatable bonds is 4. The molecule has 1 aromatic heterocycles. The highest BCUT2D eigenvalue weighted by Gasteiger charge is 2.23. The average molecular weight is 295 g/mol. The molecule has 1 atom stereocenters. The van der Waals surface area contributed by atoms with Gasteiger partial charge in [-0.05, 0) is 30.5 Å². The zero-order chi connectivity index (χ0) is 14.7. The van der Waals surface area contributed by atoms with Gasteiger partial charge in [-0.2, -0.15) is 0 Å². The predicted octanol–water partition coefficient (Wildman–Crippen LogP) is 2.13. The standard InChI is InChI=1S/C13H16N2O4P/c1-3-14-13(17)10-7-5-6-8-11(10)15(20(14)18)9-12(16)19-4-2/h5-8H,3-4,9H2,1-2H3/q+1. The number of fused-ring (bicyclic) bond motifs is 1.